The predicted octanol–water partition coefficient (Wildman–Crippen LogP) is 1.54. The zero-order valence-corrected chi connectivity index (χ0v) is 9.79. The molecule has 1 unspecified atom stereocenters. The van der Waals surface area contributed by atoms with Gasteiger partial charge in [-0.25, -0.2) is 0 Å². The maximum Gasteiger partial charge on any atom is 0.143 e. The van der Waals surface area contributed by atoms with Gasteiger partial charge in [-0.05, 0) is 18.3 Å². The minimum atomic E-state index is 0.0972. The summed E-state index contributed by atoms with van der Waals surface area (Å²) in [5.74, 6) is 0.402. The highest BCUT2D eigenvalue weighted by molar-refractivity contribution is 5.82. The molecule has 0 radical (unpaired) electrons. The Balaban J connectivity index is 2.21. The molecule has 1 fully saturated rings. The van der Waals surface area contributed by atoms with Gasteiger partial charge in [-0.1, -0.05) is 31.8 Å². The van der Waals surface area contributed by atoms with E-state index in [4.69, 9.17) is 10.9 Å². The maximum absolute atomic E-state index is 8.50. The number of amidine groups is 1. The van der Waals surface area contributed by atoms with Crippen LogP contribution in [0.1, 0.15) is 39.5 Å². The molecule has 0 aromatic carbocycles. The summed E-state index contributed by atoms with van der Waals surface area (Å²) < 4.78 is 0. The first-order valence-corrected chi connectivity index (χ1v) is 5.75. The maximum atomic E-state index is 8.50. The molecule has 0 aliphatic heterocycles. The second-order valence-electron chi connectivity index (χ2n) is 5.07. The molecule has 0 heterocycles. The van der Waals surface area contributed by atoms with Crippen LogP contribution in [0.4, 0.5) is 0 Å². The van der Waals surface area contributed by atoms with Gasteiger partial charge in [-0.3, -0.25) is 0 Å². The molecule has 1 rings (SSSR count). The molecule has 4 heteroatoms. The van der Waals surface area contributed by atoms with Gasteiger partial charge in [0.05, 0.1) is 0 Å². The molecule has 0 spiro atoms. The highest BCUT2D eigenvalue weighted by Gasteiger charge is 2.28. The first-order valence-electron chi connectivity index (χ1n) is 5.75. The number of oxime groups is 1. The topological polar surface area (TPSA) is 70.6 Å². The molecule has 0 bridgehead atoms. The van der Waals surface area contributed by atoms with Crippen molar-refractivity contribution < 1.29 is 5.21 Å². The van der Waals surface area contributed by atoms with E-state index >= 15 is 0 Å². The summed E-state index contributed by atoms with van der Waals surface area (Å²) in [6, 6.07) is 0. The lowest BCUT2D eigenvalue weighted by atomic mass is 9.89. The third-order valence-electron chi connectivity index (χ3n) is 3.43. The highest BCUT2D eigenvalue weighted by atomic mass is 16.4. The molecule has 0 aromatic heterocycles. The van der Waals surface area contributed by atoms with E-state index in [0.717, 1.165) is 13.1 Å². The van der Waals surface area contributed by atoms with E-state index in [2.05, 4.69) is 17.4 Å². The molecule has 1 aliphatic carbocycles. The summed E-state index contributed by atoms with van der Waals surface area (Å²) in [5.41, 5.74) is 5.97. The molecular weight excluding hydrogens is 190 g/mol. The average Bonchev–Trinajstić information content (AvgIpc) is 2.64. The van der Waals surface area contributed by atoms with Gasteiger partial charge >= 0.3 is 0 Å². The Hall–Kier alpha value is -0.770. The van der Waals surface area contributed by atoms with Crippen LogP contribution < -0.4 is 11.1 Å². The fourth-order valence-corrected chi connectivity index (χ4v) is 2.20. The fraction of sp³-hybridized carbons (Fsp3) is 0.909. The molecule has 1 aliphatic rings. The van der Waals surface area contributed by atoms with Crippen LogP contribution in [0.2, 0.25) is 0 Å². The van der Waals surface area contributed by atoms with Crippen LogP contribution in [0.5, 0.6) is 0 Å². The van der Waals surface area contributed by atoms with E-state index < -0.39 is 0 Å². The van der Waals surface area contributed by atoms with Crippen molar-refractivity contribution in [2.75, 3.05) is 13.1 Å². The van der Waals surface area contributed by atoms with Gasteiger partial charge in [-0.2, -0.15) is 0 Å². The fourth-order valence-electron chi connectivity index (χ4n) is 2.20. The molecule has 15 heavy (non-hydrogen) atoms. The molecular formula is C11H23N3O. The van der Waals surface area contributed by atoms with Crippen molar-refractivity contribution in [2.45, 2.75) is 39.5 Å². The van der Waals surface area contributed by atoms with Gasteiger partial charge in [0.2, 0.25) is 0 Å². The Morgan fingerprint density at radius 3 is 2.67 bits per heavy atom. The molecule has 88 valence electrons. The minimum absolute atomic E-state index is 0.0972. The van der Waals surface area contributed by atoms with E-state index in [1.165, 1.54) is 25.7 Å². The average molecular weight is 213 g/mol. The molecule has 1 atom stereocenters. The Bertz CT molecular complexity index is 222. The third kappa shape index (κ3) is 3.70. The van der Waals surface area contributed by atoms with E-state index in [1.807, 2.05) is 6.92 Å². The van der Waals surface area contributed by atoms with Crippen LogP contribution in [0, 0.1) is 11.3 Å². The van der Waals surface area contributed by atoms with Crippen LogP contribution in [-0.4, -0.2) is 24.1 Å². The van der Waals surface area contributed by atoms with Crippen molar-refractivity contribution in [1.82, 2.24) is 5.32 Å². The molecule has 1 saturated carbocycles. The lowest BCUT2D eigenvalue weighted by Crippen LogP contribution is -2.36. The van der Waals surface area contributed by atoms with Crippen LogP contribution in [0.15, 0.2) is 5.16 Å². The SMILES string of the molecule is CC(CNCC1(C)CCCC1)C(N)=NO. The zero-order valence-electron chi connectivity index (χ0n) is 9.79. The first kappa shape index (κ1) is 12.3. The Morgan fingerprint density at radius 2 is 2.13 bits per heavy atom. The van der Waals surface area contributed by atoms with Crippen molar-refractivity contribution >= 4 is 5.84 Å². The van der Waals surface area contributed by atoms with E-state index in [9.17, 15) is 0 Å². The second-order valence-corrected chi connectivity index (χ2v) is 5.07. The van der Waals surface area contributed by atoms with Gasteiger partial charge < -0.3 is 16.3 Å². The van der Waals surface area contributed by atoms with Crippen molar-refractivity contribution in [3.63, 3.8) is 0 Å². The van der Waals surface area contributed by atoms with Crippen molar-refractivity contribution in [1.29, 1.82) is 0 Å². The molecule has 4 N–H and O–H groups in total. The number of nitrogens with one attached hydrogen (secondary N) is 1. The number of hydrogen-bond donors (Lipinski definition) is 3. The van der Waals surface area contributed by atoms with Crippen molar-refractivity contribution in [3.8, 4) is 0 Å². The Kier molecular flexibility index (Phi) is 4.39. The number of rotatable bonds is 5. The molecule has 4 nitrogen and oxygen atoms in total. The normalized spacial score (nSPS) is 22.9. The standard InChI is InChI=1S/C11H23N3O/c1-9(10(12)14-15)7-13-8-11(2)5-3-4-6-11/h9,13,15H,3-8H2,1-2H3,(H2,12,14). The second kappa shape index (κ2) is 5.35. The Morgan fingerprint density at radius 1 is 1.53 bits per heavy atom. The summed E-state index contributed by atoms with van der Waals surface area (Å²) in [6.45, 7) is 6.11. The minimum Gasteiger partial charge on any atom is -0.409 e. The van der Waals surface area contributed by atoms with Crippen molar-refractivity contribution in [3.05, 3.63) is 0 Å². The Labute approximate surface area is 91.9 Å². The van der Waals surface area contributed by atoms with Crippen LogP contribution >= 0.6 is 0 Å². The van der Waals surface area contributed by atoms with Gasteiger partial charge in [-0.15, -0.1) is 0 Å². The van der Waals surface area contributed by atoms with E-state index in [1.54, 1.807) is 0 Å². The smallest absolute Gasteiger partial charge is 0.143 e. The van der Waals surface area contributed by atoms with Gasteiger partial charge in [0.15, 0.2) is 0 Å². The summed E-state index contributed by atoms with van der Waals surface area (Å²) in [4.78, 5) is 0. The third-order valence-corrected chi connectivity index (χ3v) is 3.43. The van der Waals surface area contributed by atoms with E-state index in [0.29, 0.717) is 11.3 Å². The summed E-state index contributed by atoms with van der Waals surface area (Å²) in [6.07, 6.45) is 5.35. The highest BCUT2D eigenvalue weighted by Crippen LogP contribution is 2.36. The lowest BCUT2D eigenvalue weighted by Gasteiger charge is -2.24. The van der Waals surface area contributed by atoms with Gasteiger partial charge in [0.1, 0.15) is 5.84 Å². The molecule has 0 saturated heterocycles. The largest absolute Gasteiger partial charge is 0.409 e. The summed E-state index contributed by atoms with van der Waals surface area (Å²) >= 11 is 0. The van der Waals surface area contributed by atoms with Crippen LogP contribution in [0.3, 0.4) is 0 Å². The number of hydrogen-bond acceptors (Lipinski definition) is 3. The first-order chi connectivity index (χ1) is 7.07. The molecule has 0 amide bonds. The summed E-state index contributed by atoms with van der Waals surface area (Å²) in [7, 11) is 0. The van der Waals surface area contributed by atoms with E-state index in [-0.39, 0.29) is 5.92 Å². The van der Waals surface area contributed by atoms with Crippen LogP contribution in [0.25, 0.3) is 0 Å². The lowest BCUT2D eigenvalue weighted by molar-refractivity contribution is 0.305. The van der Waals surface area contributed by atoms with Crippen LogP contribution in [-0.2, 0) is 0 Å². The zero-order chi connectivity index (χ0) is 11.3. The van der Waals surface area contributed by atoms with Gasteiger partial charge in [0, 0.05) is 19.0 Å². The number of nitrogens with two attached hydrogens (primary N) is 1. The summed E-state index contributed by atoms with van der Waals surface area (Å²) in [5, 5.41) is 14.9. The predicted molar refractivity (Wildman–Crippen MR) is 62.0 cm³/mol. The quantitative estimate of drug-likeness (QED) is 0.281. The molecule has 0 aromatic rings. The number of nitrogens with zero attached hydrogens (tertiary/aromatic N) is 1. The van der Waals surface area contributed by atoms with Crippen molar-refractivity contribution in [2.24, 2.45) is 22.2 Å². The van der Waals surface area contributed by atoms with Gasteiger partial charge in [0.25, 0.3) is 0 Å². The monoisotopic (exact) mass is 213 g/mol.